The first-order chi connectivity index (χ1) is 28.5. The van der Waals surface area contributed by atoms with Gasteiger partial charge in [-0.25, -0.2) is 32.7 Å². The van der Waals surface area contributed by atoms with Crippen LogP contribution in [0.3, 0.4) is 0 Å². The summed E-state index contributed by atoms with van der Waals surface area (Å²) in [6.07, 6.45) is 5.46. The van der Waals surface area contributed by atoms with E-state index in [1.807, 2.05) is 101 Å². The number of piperazine rings is 2. The van der Waals surface area contributed by atoms with E-state index < -0.39 is 37.9 Å². The van der Waals surface area contributed by atoms with Gasteiger partial charge in [-0.05, 0) is 114 Å². The summed E-state index contributed by atoms with van der Waals surface area (Å²) in [5, 5.41) is 0. The quantitative estimate of drug-likeness (QED) is 0.187. The molecule has 63 heavy (non-hydrogen) atoms. The number of ether oxygens (including phenoxy) is 2. The SMILES string of the molecule is CC(C)(C)OC(=O)N1CCN(c2ncccc2C=NS(=O)C(C)(C)C)CC1.CC(C)CC(NS(=O)C(C)(C)C)c1cccnc1N1CCN(C(=O)OC(C)(C)C)CC1.[CH2-]C(C)C.[Li+]. The van der Waals surface area contributed by atoms with Crippen LogP contribution in [0.1, 0.15) is 134 Å². The van der Waals surface area contributed by atoms with Crippen molar-refractivity contribution in [2.75, 3.05) is 62.2 Å². The molecule has 2 aromatic heterocycles. The molecule has 2 aromatic rings. The van der Waals surface area contributed by atoms with E-state index in [2.05, 4.69) is 69.6 Å². The molecule has 14 nitrogen and oxygen atoms in total. The predicted molar refractivity (Wildman–Crippen MR) is 257 cm³/mol. The molecule has 0 aromatic carbocycles. The van der Waals surface area contributed by atoms with Crippen molar-refractivity contribution < 1.29 is 46.3 Å². The molecule has 2 saturated heterocycles. The topological polar surface area (TPSA) is 150 Å². The molecule has 0 saturated carbocycles. The van der Waals surface area contributed by atoms with E-state index in [1.165, 1.54) is 0 Å². The zero-order valence-electron chi connectivity index (χ0n) is 41.7. The Balaban J connectivity index is 0.000000576. The minimum atomic E-state index is -1.32. The zero-order chi connectivity index (χ0) is 47.2. The summed E-state index contributed by atoms with van der Waals surface area (Å²) in [5.41, 5.74) is 0.878. The number of nitrogens with zero attached hydrogens (tertiary/aromatic N) is 7. The summed E-state index contributed by atoms with van der Waals surface area (Å²) in [6.45, 7) is 39.9. The van der Waals surface area contributed by atoms with E-state index in [0.717, 1.165) is 29.2 Å². The molecule has 0 aliphatic carbocycles. The van der Waals surface area contributed by atoms with E-state index in [0.29, 0.717) is 64.2 Å². The number of rotatable bonds is 9. The molecule has 2 amide bonds. The normalized spacial score (nSPS) is 16.6. The minimum absolute atomic E-state index is 0. The van der Waals surface area contributed by atoms with Crippen molar-refractivity contribution in [3.05, 3.63) is 54.7 Å². The third kappa shape index (κ3) is 21.7. The van der Waals surface area contributed by atoms with Gasteiger partial charge in [-0.1, -0.05) is 33.8 Å². The molecule has 2 aliphatic rings. The van der Waals surface area contributed by atoms with Crippen LogP contribution in [0.2, 0.25) is 0 Å². The van der Waals surface area contributed by atoms with Gasteiger partial charge in [0.05, 0.1) is 20.5 Å². The Morgan fingerprint density at radius 3 is 1.54 bits per heavy atom. The van der Waals surface area contributed by atoms with Gasteiger partial charge in [-0.15, -0.1) is 0 Å². The van der Waals surface area contributed by atoms with Crippen LogP contribution in [0.25, 0.3) is 0 Å². The second-order valence-corrected chi connectivity index (χ2v) is 24.3. The van der Waals surface area contributed by atoms with Crippen molar-refractivity contribution in [2.45, 2.75) is 144 Å². The maximum Gasteiger partial charge on any atom is 1.00 e. The van der Waals surface area contributed by atoms with Crippen molar-refractivity contribution in [1.29, 1.82) is 0 Å². The van der Waals surface area contributed by atoms with Crippen LogP contribution in [0.15, 0.2) is 41.1 Å². The molecule has 17 heteroatoms. The Labute approximate surface area is 397 Å². The first-order valence-corrected chi connectivity index (χ1v) is 24.1. The van der Waals surface area contributed by atoms with Gasteiger partial charge in [0.15, 0.2) is 0 Å². The van der Waals surface area contributed by atoms with Crippen molar-refractivity contribution in [1.82, 2.24) is 24.5 Å². The molecular weight excluding hydrogens is 832 g/mol. The van der Waals surface area contributed by atoms with Gasteiger partial charge in [0.25, 0.3) is 0 Å². The van der Waals surface area contributed by atoms with E-state index >= 15 is 0 Å². The molecule has 1 N–H and O–H groups in total. The first-order valence-electron chi connectivity index (χ1n) is 21.8. The second-order valence-electron chi connectivity index (χ2n) is 20.4. The fourth-order valence-electron chi connectivity index (χ4n) is 5.85. The molecular formula is C46H79LiN8O6S2. The van der Waals surface area contributed by atoms with Gasteiger partial charge >= 0.3 is 31.0 Å². The summed E-state index contributed by atoms with van der Waals surface area (Å²) in [4.78, 5) is 41.6. The number of carbonyl (C=O) groups excluding carboxylic acids is 2. The molecule has 3 unspecified atom stereocenters. The average molecular weight is 911 g/mol. The average Bonchev–Trinajstić information content (AvgIpc) is 3.14. The Kier molecular flexibility index (Phi) is 23.6. The monoisotopic (exact) mass is 911 g/mol. The molecule has 0 radical (unpaired) electrons. The smallest absolute Gasteiger partial charge is 0.444 e. The molecule has 352 valence electrons. The standard InChI is InChI=1S/C23H40N4O3S.C19H30N4O3S.C4H9.Li/c1-17(2)16-19(25-31(29)23(6,7)8)18-10-9-11-24-20(18)26-12-14-27(15-13-26)21(28)30-22(3,4)5;1-18(2,3)26-17(24)23-12-10-22(11-13-23)16-15(8-7-9-20-16)14-21-27(25)19(4,5)6;1-4(2)3;/h9-11,17,19,25H,12-16H2,1-8H3;7-9,14H,10-13H2,1-6H3;4H,1H2,2-3H3;/q;;-1;+1. The van der Waals surface area contributed by atoms with Crippen LogP contribution in [-0.4, -0.2) is 120 Å². The number of pyridine rings is 2. The number of anilines is 2. The van der Waals surface area contributed by atoms with Crippen LogP contribution >= 0.6 is 0 Å². The van der Waals surface area contributed by atoms with E-state index in [-0.39, 0.29) is 41.8 Å². The van der Waals surface area contributed by atoms with Crippen LogP contribution < -0.4 is 33.4 Å². The largest absolute Gasteiger partial charge is 1.00 e. The van der Waals surface area contributed by atoms with Crippen molar-refractivity contribution in [2.24, 2.45) is 16.2 Å². The fourth-order valence-corrected chi connectivity index (χ4v) is 7.21. The van der Waals surface area contributed by atoms with Gasteiger partial charge in [-0.2, -0.15) is 10.3 Å². The van der Waals surface area contributed by atoms with Crippen LogP contribution in [0.4, 0.5) is 21.2 Å². The summed E-state index contributed by atoms with van der Waals surface area (Å²) < 4.78 is 42.8. The molecule has 0 bridgehead atoms. The predicted octanol–water partition coefficient (Wildman–Crippen LogP) is 5.78. The number of hydrogen-bond acceptors (Lipinski definition) is 10. The van der Waals surface area contributed by atoms with Crippen LogP contribution in [0.5, 0.6) is 0 Å². The maximum atomic E-state index is 12.9. The third-order valence-corrected chi connectivity index (χ3v) is 11.8. The van der Waals surface area contributed by atoms with Gasteiger partial charge < -0.3 is 36.0 Å². The second kappa shape index (κ2) is 25.6. The Morgan fingerprint density at radius 1 is 0.730 bits per heavy atom. The minimum Gasteiger partial charge on any atom is -0.444 e. The molecule has 2 aliphatic heterocycles. The zero-order valence-corrected chi connectivity index (χ0v) is 43.4. The maximum absolute atomic E-state index is 12.9. The van der Waals surface area contributed by atoms with Crippen LogP contribution in [-0.2, 0) is 31.4 Å². The molecule has 0 spiro atoms. The number of carbonyl (C=O) groups is 2. The van der Waals surface area contributed by atoms with Crippen molar-refractivity contribution in [3.8, 4) is 0 Å². The number of hydrogen-bond donors (Lipinski definition) is 1. The van der Waals surface area contributed by atoms with Crippen molar-refractivity contribution >= 4 is 52.0 Å². The summed E-state index contributed by atoms with van der Waals surface area (Å²) in [7, 11) is -2.50. The first kappa shape index (κ1) is 58.0. The van der Waals surface area contributed by atoms with E-state index in [1.54, 1.807) is 28.4 Å². The summed E-state index contributed by atoms with van der Waals surface area (Å²) in [5.74, 6) is 2.71. The summed E-state index contributed by atoms with van der Waals surface area (Å²) in [6, 6.07) is 7.69. The fraction of sp³-hybridized carbons (Fsp3) is 0.696. The Hall–Kier alpha value is -3.03. The number of aromatic nitrogens is 2. The Bertz CT molecular complexity index is 1790. The number of nitrogens with one attached hydrogen (secondary N) is 1. The van der Waals surface area contributed by atoms with Crippen molar-refractivity contribution in [3.63, 3.8) is 0 Å². The molecule has 3 atom stereocenters. The number of amides is 2. The van der Waals surface area contributed by atoms with Gasteiger partial charge in [-0.3, -0.25) is 0 Å². The molecule has 4 heterocycles. The molecule has 2 fully saturated rings. The van der Waals surface area contributed by atoms with Crippen LogP contribution in [0, 0.1) is 18.8 Å². The van der Waals surface area contributed by atoms with Gasteiger partial charge in [0.1, 0.15) is 33.8 Å². The van der Waals surface area contributed by atoms with E-state index in [9.17, 15) is 18.0 Å². The summed E-state index contributed by atoms with van der Waals surface area (Å²) >= 11 is 0. The molecule has 4 rings (SSSR count). The van der Waals surface area contributed by atoms with Gasteiger partial charge in [0, 0.05) is 88.1 Å². The third-order valence-electron chi connectivity index (χ3n) is 8.79. The van der Waals surface area contributed by atoms with Gasteiger partial charge in [0.2, 0.25) is 0 Å². The Morgan fingerprint density at radius 2 is 1.14 bits per heavy atom. The van der Waals surface area contributed by atoms with E-state index in [4.69, 9.17) is 9.47 Å².